The Kier molecular flexibility index (Phi) is 4.18. The Bertz CT molecular complexity index is 632. The molecule has 0 unspecified atom stereocenters. The summed E-state index contributed by atoms with van der Waals surface area (Å²) in [6.07, 6.45) is 6.77. The van der Waals surface area contributed by atoms with Crippen LogP contribution in [-0.4, -0.2) is 51.6 Å². The molecule has 138 valence electrons. The van der Waals surface area contributed by atoms with Gasteiger partial charge in [0.2, 0.25) is 5.91 Å². The standard InChI is InChI=1S/C20H32N4O/c1-19(2,3)17-12-15(21-22-17)13-23-10-8-20(9-11-23)7-6-18(25)24(14-20)16-4-5-16/h12,16H,4-11,13-14H2,1-3H3,(H,21,22). The molecular weight excluding hydrogens is 312 g/mol. The lowest BCUT2D eigenvalue weighted by Gasteiger charge is -2.47. The van der Waals surface area contributed by atoms with Crippen molar-refractivity contribution in [2.24, 2.45) is 5.41 Å². The van der Waals surface area contributed by atoms with Crippen LogP contribution in [0.3, 0.4) is 0 Å². The zero-order valence-electron chi connectivity index (χ0n) is 16.0. The van der Waals surface area contributed by atoms with Crippen LogP contribution in [0.5, 0.6) is 0 Å². The first-order chi connectivity index (χ1) is 11.8. The smallest absolute Gasteiger partial charge is 0.222 e. The molecule has 0 radical (unpaired) electrons. The number of H-pyrrole nitrogens is 1. The molecule has 1 spiro atoms. The molecule has 25 heavy (non-hydrogen) atoms. The summed E-state index contributed by atoms with van der Waals surface area (Å²) >= 11 is 0. The van der Waals surface area contributed by atoms with Crippen molar-refractivity contribution in [1.82, 2.24) is 20.0 Å². The maximum Gasteiger partial charge on any atom is 0.222 e. The minimum Gasteiger partial charge on any atom is -0.339 e. The van der Waals surface area contributed by atoms with Gasteiger partial charge in [0.05, 0.1) is 5.69 Å². The lowest BCUT2D eigenvalue weighted by molar-refractivity contribution is -0.139. The molecule has 5 heteroatoms. The van der Waals surface area contributed by atoms with E-state index in [9.17, 15) is 4.79 Å². The highest BCUT2D eigenvalue weighted by Crippen LogP contribution is 2.43. The average Bonchev–Trinajstić information content (AvgIpc) is 3.30. The minimum atomic E-state index is 0.0988. The first-order valence-corrected chi connectivity index (χ1v) is 9.91. The number of hydrogen-bond acceptors (Lipinski definition) is 3. The highest BCUT2D eigenvalue weighted by molar-refractivity contribution is 5.77. The number of hydrogen-bond donors (Lipinski definition) is 1. The van der Waals surface area contributed by atoms with Gasteiger partial charge in [0, 0.05) is 36.7 Å². The van der Waals surface area contributed by atoms with E-state index in [0.717, 1.165) is 44.7 Å². The Balaban J connectivity index is 1.34. The summed E-state index contributed by atoms with van der Waals surface area (Å²) in [6, 6.07) is 2.79. The van der Waals surface area contributed by atoms with E-state index in [1.807, 2.05) is 0 Å². The van der Waals surface area contributed by atoms with Gasteiger partial charge in [-0.1, -0.05) is 20.8 Å². The van der Waals surface area contributed by atoms with Crippen molar-refractivity contribution in [1.29, 1.82) is 0 Å². The van der Waals surface area contributed by atoms with E-state index in [-0.39, 0.29) is 5.41 Å². The van der Waals surface area contributed by atoms with E-state index < -0.39 is 0 Å². The third-order valence-corrected chi connectivity index (χ3v) is 6.39. The fraction of sp³-hybridized carbons (Fsp3) is 0.800. The van der Waals surface area contributed by atoms with E-state index in [0.29, 0.717) is 17.4 Å². The maximum atomic E-state index is 12.2. The highest BCUT2D eigenvalue weighted by atomic mass is 16.2. The number of likely N-dealkylation sites (tertiary alicyclic amines) is 2. The van der Waals surface area contributed by atoms with Crippen molar-refractivity contribution in [2.45, 2.75) is 77.3 Å². The van der Waals surface area contributed by atoms with Crippen LogP contribution in [0, 0.1) is 5.41 Å². The minimum absolute atomic E-state index is 0.0988. The van der Waals surface area contributed by atoms with Gasteiger partial charge in [-0.15, -0.1) is 0 Å². The molecule has 1 amide bonds. The maximum absolute atomic E-state index is 12.2. The molecule has 1 aromatic rings. The van der Waals surface area contributed by atoms with Crippen molar-refractivity contribution < 1.29 is 4.79 Å². The van der Waals surface area contributed by atoms with Crippen LogP contribution in [0.25, 0.3) is 0 Å². The Hall–Kier alpha value is -1.36. The summed E-state index contributed by atoms with van der Waals surface area (Å²) < 4.78 is 0. The van der Waals surface area contributed by atoms with Crippen molar-refractivity contribution >= 4 is 5.91 Å². The number of nitrogens with one attached hydrogen (secondary N) is 1. The van der Waals surface area contributed by atoms with Crippen LogP contribution >= 0.6 is 0 Å². The van der Waals surface area contributed by atoms with Crippen LogP contribution in [-0.2, 0) is 16.8 Å². The van der Waals surface area contributed by atoms with E-state index in [1.165, 1.54) is 31.4 Å². The van der Waals surface area contributed by atoms with E-state index >= 15 is 0 Å². The number of aromatic amines is 1. The zero-order chi connectivity index (χ0) is 17.7. The third-order valence-electron chi connectivity index (χ3n) is 6.39. The van der Waals surface area contributed by atoms with Gasteiger partial charge in [-0.25, -0.2) is 0 Å². The Morgan fingerprint density at radius 1 is 1.24 bits per heavy atom. The van der Waals surface area contributed by atoms with Gasteiger partial charge in [0.1, 0.15) is 0 Å². The quantitative estimate of drug-likeness (QED) is 0.917. The first kappa shape index (κ1) is 17.1. The molecule has 0 atom stereocenters. The molecule has 2 aliphatic heterocycles. The summed E-state index contributed by atoms with van der Waals surface area (Å²) in [4.78, 5) is 17.0. The predicted molar refractivity (Wildman–Crippen MR) is 98.2 cm³/mol. The van der Waals surface area contributed by atoms with Crippen LogP contribution in [0.4, 0.5) is 0 Å². The van der Waals surface area contributed by atoms with Crippen molar-refractivity contribution in [3.8, 4) is 0 Å². The van der Waals surface area contributed by atoms with Gasteiger partial charge < -0.3 is 4.90 Å². The van der Waals surface area contributed by atoms with E-state index in [4.69, 9.17) is 0 Å². The van der Waals surface area contributed by atoms with Gasteiger partial charge in [-0.3, -0.25) is 14.8 Å². The summed E-state index contributed by atoms with van der Waals surface area (Å²) in [6.45, 7) is 10.9. The van der Waals surface area contributed by atoms with E-state index in [2.05, 4.69) is 46.8 Å². The summed E-state index contributed by atoms with van der Waals surface area (Å²) in [5, 5.41) is 7.71. The predicted octanol–water partition coefficient (Wildman–Crippen LogP) is 3.07. The molecule has 1 aliphatic carbocycles. The lowest BCUT2D eigenvalue weighted by Crippen LogP contribution is -2.52. The third kappa shape index (κ3) is 3.62. The molecule has 4 rings (SSSR count). The number of carbonyl (C=O) groups excluding carboxylic acids is 1. The normalized spacial score (nSPS) is 24.9. The number of amides is 1. The summed E-state index contributed by atoms with van der Waals surface area (Å²) in [5.74, 6) is 0.405. The number of piperidine rings is 2. The second kappa shape index (κ2) is 6.11. The molecule has 3 fully saturated rings. The SMILES string of the molecule is CC(C)(C)c1cc(CN2CCC3(CCC(=O)N(C4CC4)C3)CC2)[nH]n1. The molecule has 0 aromatic carbocycles. The summed E-state index contributed by atoms with van der Waals surface area (Å²) in [5.41, 5.74) is 2.85. The van der Waals surface area contributed by atoms with Gasteiger partial charge >= 0.3 is 0 Å². The van der Waals surface area contributed by atoms with Crippen molar-refractivity contribution in [3.05, 3.63) is 17.5 Å². The molecular formula is C20H32N4O. The second-order valence-corrected chi connectivity index (χ2v) is 9.56. The number of aromatic nitrogens is 2. The highest BCUT2D eigenvalue weighted by Gasteiger charge is 2.45. The molecule has 5 nitrogen and oxygen atoms in total. The Morgan fingerprint density at radius 2 is 1.96 bits per heavy atom. The van der Waals surface area contributed by atoms with Crippen LogP contribution in [0.1, 0.15) is 70.7 Å². The molecule has 2 saturated heterocycles. The number of carbonyl (C=O) groups is 1. The fourth-order valence-corrected chi connectivity index (χ4v) is 4.42. The topological polar surface area (TPSA) is 52.2 Å². The monoisotopic (exact) mass is 344 g/mol. The average molecular weight is 345 g/mol. The van der Waals surface area contributed by atoms with Crippen molar-refractivity contribution in [3.63, 3.8) is 0 Å². The van der Waals surface area contributed by atoms with Crippen molar-refractivity contribution in [2.75, 3.05) is 19.6 Å². The van der Waals surface area contributed by atoms with Crippen LogP contribution in [0.2, 0.25) is 0 Å². The van der Waals surface area contributed by atoms with Gasteiger partial charge in [0.25, 0.3) is 0 Å². The van der Waals surface area contributed by atoms with E-state index in [1.54, 1.807) is 0 Å². The number of nitrogens with zero attached hydrogens (tertiary/aromatic N) is 3. The molecule has 3 heterocycles. The van der Waals surface area contributed by atoms with Crippen LogP contribution in [0.15, 0.2) is 6.07 Å². The van der Waals surface area contributed by atoms with Gasteiger partial charge in [-0.05, 0) is 56.7 Å². The molecule has 1 saturated carbocycles. The van der Waals surface area contributed by atoms with Crippen LogP contribution < -0.4 is 0 Å². The second-order valence-electron chi connectivity index (χ2n) is 9.56. The zero-order valence-corrected chi connectivity index (χ0v) is 16.0. The molecule has 1 N–H and O–H groups in total. The Labute approximate surface area is 151 Å². The molecule has 0 bridgehead atoms. The fourth-order valence-electron chi connectivity index (χ4n) is 4.42. The summed E-state index contributed by atoms with van der Waals surface area (Å²) in [7, 11) is 0. The first-order valence-electron chi connectivity index (χ1n) is 9.91. The van der Waals surface area contributed by atoms with Gasteiger partial charge in [0.15, 0.2) is 0 Å². The lowest BCUT2D eigenvalue weighted by atomic mass is 9.72. The largest absolute Gasteiger partial charge is 0.339 e. The number of rotatable bonds is 3. The molecule has 1 aromatic heterocycles. The molecule has 3 aliphatic rings. The Morgan fingerprint density at radius 3 is 2.56 bits per heavy atom. The van der Waals surface area contributed by atoms with Gasteiger partial charge in [-0.2, -0.15) is 5.10 Å².